The second-order valence-electron chi connectivity index (χ2n) is 5.89. The average molecular weight is 264 g/mol. The van der Waals surface area contributed by atoms with Crippen molar-refractivity contribution in [3.8, 4) is 0 Å². The molecule has 0 aromatic carbocycles. The third-order valence-electron chi connectivity index (χ3n) is 4.28. The summed E-state index contributed by atoms with van der Waals surface area (Å²) in [5.74, 6) is 2.11. The van der Waals surface area contributed by atoms with Crippen LogP contribution >= 0.6 is 0 Å². The quantitative estimate of drug-likeness (QED) is 0.882. The van der Waals surface area contributed by atoms with Crippen molar-refractivity contribution in [1.29, 1.82) is 0 Å². The second-order valence-corrected chi connectivity index (χ2v) is 5.89. The first kappa shape index (κ1) is 14.6. The van der Waals surface area contributed by atoms with Crippen molar-refractivity contribution in [3.63, 3.8) is 0 Å². The standard InChI is InChI=1S/C16H28N2O/c1-5-9-17-15-8-10-18(12(2)11-15)14(4)16-7-6-13(3)19-16/h6-7,12,14-15,17H,5,8-11H2,1-4H3. The number of nitrogens with one attached hydrogen (secondary N) is 1. The van der Waals surface area contributed by atoms with E-state index in [9.17, 15) is 0 Å². The molecule has 2 heterocycles. The van der Waals surface area contributed by atoms with Gasteiger partial charge in [-0.1, -0.05) is 6.92 Å². The van der Waals surface area contributed by atoms with Crippen molar-refractivity contribution in [2.75, 3.05) is 13.1 Å². The fourth-order valence-corrected chi connectivity index (χ4v) is 3.14. The molecule has 1 N–H and O–H groups in total. The van der Waals surface area contributed by atoms with E-state index < -0.39 is 0 Å². The van der Waals surface area contributed by atoms with E-state index in [0.717, 1.165) is 24.6 Å². The lowest BCUT2D eigenvalue weighted by Crippen LogP contribution is -2.48. The molecule has 3 unspecified atom stereocenters. The predicted molar refractivity (Wildman–Crippen MR) is 79.3 cm³/mol. The summed E-state index contributed by atoms with van der Waals surface area (Å²) in [6.45, 7) is 11.1. The monoisotopic (exact) mass is 264 g/mol. The molecule has 0 bridgehead atoms. The molecule has 1 aliphatic rings. The van der Waals surface area contributed by atoms with E-state index in [4.69, 9.17) is 4.42 Å². The van der Waals surface area contributed by atoms with E-state index in [1.807, 2.05) is 6.92 Å². The molecule has 1 fully saturated rings. The summed E-state index contributed by atoms with van der Waals surface area (Å²) in [7, 11) is 0. The summed E-state index contributed by atoms with van der Waals surface area (Å²) < 4.78 is 5.78. The van der Waals surface area contributed by atoms with E-state index in [-0.39, 0.29) is 0 Å². The Morgan fingerprint density at radius 3 is 2.84 bits per heavy atom. The van der Waals surface area contributed by atoms with Gasteiger partial charge in [-0.25, -0.2) is 0 Å². The van der Waals surface area contributed by atoms with Crippen LogP contribution in [0.4, 0.5) is 0 Å². The normalized spacial score (nSPS) is 26.5. The van der Waals surface area contributed by atoms with Crippen molar-refractivity contribution in [2.24, 2.45) is 0 Å². The minimum absolute atomic E-state index is 0.385. The molecule has 0 saturated carbocycles. The molecule has 1 aromatic rings. The Morgan fingerprint density at radius 2 is 2.26 bits per heavy atom. The van der Waals surface area contributed by atoms with Crippen LogP contribution in [0.1, 0.15) is 57.6 Å². The van der Waals surface area contributed by atoms with Gasteiger partial charge in [-0.15, -0.1) is 0 Å². The van der Waals surface area contributed by atoms with E-state index in [1.54, 1.807) is 0 Å². The highest BCUT2D eigenvalue weighted by molar-refractivity contribution is 5.10. The second kappa shape index (κ2) is 6.58. The molecule has 1 aromatic heterocycles. The molecule has 19 heavy (non-hydrogen) atoms. The largest absolute Gasteiger partial charge is 0.465 e. The molecule has 0 radical (unpaired) electrons. The zero-order chi connectivity index (χ0) is 13.8. The Bertz CT molecular complexity index is 388. The summed E-state index contributed by atoms with van der Waals surface area (Å²) in [6, 6.07) is 5.87. The zero-order valence-corrected chi connectivity index (χ0v) is 12.8. The van der Waals surface area contributed by atoms with Crippen LogP contribution in [0.2, 0.25) is 0 Å². The first-order valence-corrected chi connectivity index (χ1v) is 7.67. The number of hydrogen-bond donors (Lipinski definition) is 1. The van der Waals surface area contributed by atoms with Gasteiger partial charge in [0.15, 0.2) is 0 Å². The number of aryl methyl sites for hydroxylation is 1. The smallest absolute Gasteiger partial charge is 0.121 e. The number of likely N-dealkylation sites (tertiary alicyclic amines) is 1. The molecular formula is C16H28N2O. The Labute approximate surface area is 117 Å². The van der Waals surface area contributed by atoms with Crippen LogP contribution in [-0.2, 0) is 0 Å². The average Bonchev–Trinajstić information content (AvgIpc) is 2.82. The van der Waals surface area contributed by atoms with Gasteiger partial charge in [0.1, 0.15) is 11.5 Å². The molecule has 3 atom stereocenters. The van der Waals surface area contributed by atoms with Gasteiger partial charge in [0.05, 0.1) is 6.04 Å². The van der Waals surface area contributed by atoms with E-state index >= 15 is 0 Å². The SMILES string of the molecule is CCCNC1CCN(C(C)c2ccc(C)o2)C(C)C1. The fraction of sp³-hybridized carbons (Fsp3) is 0.750. The van der Waals surface area contributed by atoms with Gasteiger partial charge in [-0.3, -0.25) is 4.90 Å². The van der Waals surface area contributed by atoms with E-state index in [1.165, 1.54) is 19.3 Å². The lowest BCUT2D eigenvalue weighted by Gasteiger charge is -2.41. The van der Waals surface area contributed by atoms with Crippen LogP contribution in [0.25, 0.3) is 0 Å². The van der Waals surface area contributed by atoms with Gasteiger partial charge >= 0.3 is 0 Å². The van der Waals surface area contributed by atoms with Crippen LogP contribution < -0.4 is 5.32 Å². The maximum absolute atomic E-state index is 5.78. The van der Waals surface area contributed by atoms with Crippen LogP contribution in [0.15, 0.2) is 16.5 Å². The Morgan fingerprint density at radius 1 is 1.47 bits per heavy atom. The van der Waals surface area contributed by atoms with Gasteiger partial charge in [-0.05, 0) is 58.7 Å². The van der Waals surface area contributed by atoms with Gasteiger partial charge in [-0.2, -0.15) is 0 Å². The molecule has 1 saturated heterocycles. The third-order valence-corrected chi connectivity index (χ3v) is 4.28. The first-order chi connectivity index (χ1) is 9.11. The minimum Gasteiger partial charge on any atom is -0.465 e. The molecule has 0 spiro atoms. The number of rotatable bonds is 5. The van der Waals surface area contributed by atoms with Crippen LogP contribution in [-0.4, -0.2) is 30.1 Å². The summed E-state index contributed by atoms with van der Waals surface area (Å²) in [5, 5.41) is 3.65. The van der Waals surface area contributed by atoms with Gasteiger partial charge in [0.25, 0.3) is 0 Å². The third kappa shape index (κ3) is 3.61. The highest BCUT2D eigenvalue weighted by Crippen LogP contribution is 2.29. The number of hydrogen-bond acceptors (Lipinski definition) is 3. The molecule has 2 rings (SSSR count). The van der Waals surface area contributed by atoms with Crippen molar-refractivity contribution < 1.29 is 4.42 Å². The van der Waals surface area contributed by atoms with Crippen molar-refractivity contribution in [1.82, 2.24) is 10.2 Å². The van der Waals surface area contributed by atoms with Crippen LogP contribution in [0.3, 0.4) is 0 Å². The van der Waals surface area contributed by atoms with Crippen molar-refractivity contribution in [2.45, 2.75) is 65.1 Å². The topological polar surface area (TPSA) is 28.4 Å². The Hall–Kier alpha value is -0.800. The van der Waals surface area contributed by atoms with Crippen molar-refractivity contribution >= 4 is 0 Å². The van der Waals surface area contributed by atoms with Crippen LogP contribution in [0.5, 0.6) is 0 Å². The van der Waals surface area contributed by atoms with Gasteiger partial charge < -0.3 is 9.73 Å². The number of nitrogens with zero attached hydrogens (tertiary/aromatic N) is 1. The molecule has 108 valence electrons. The van der Waals surface area contributed by atoms with Crippen molar-refractivity contribution in [3.05, 3.63) is 23.7 Å². The molecular weight excluding hydrogens is 236 g/mol. The highest BCUT2D eigenvalue weighted by atomic mass is 16.3. The summed E-state index contributed by atoms with van der Waals surface area (Å²) >= 11 is 0. The predicted octanol–water partition coefficient (Wildman–Crippen LogP) is 3.50. The summed E-state index contributed by atoms with van der Waals surface area (Å²) in [6.07, 6.45) is 3.70. The maximum Gasteiger partial charge on any atom is 0.121 e. The van der Waals surface area contributed by atoms with E-state index in [2.05, 4.69) is 43.1 Å². The molecule has 0 amide bonds. The number of piperidine rings is 1. The fourth-order valence-electron chi connectivity index (χ4n) is 3.14. The highest BCUT2D eigenvalue weighted by Gasteiger charge is 2.29. The van der Waals surface area contributed by atoms with E-state index in [0.29, 0.717) is 18.1 Å². The minimum atomic E-state index is 0.385. The van der Waals surface area contributed by atoms with Crippen LogP contribution in [0, 0.1) is 6.92 Å². The molecule has 0 aliphatic carbocycles. The zero-order valence-electron chi connectivity index (χ0n) is 12.8. The first-order valence-electron chi connectivity index (χ1n) is 7.67. The number of furan rings is 1. The van der Waals surface area contributed by atoms with Gasteiger partial charge in [0, 0.05) is 18.6 Å². The lowest BCUT2D eigenvalue weighted by molar-refractivity contribution is 0.0845. The Balaban J connectivity index is 1.92. The van der Waals surface area contributed by atoms with Gasteiger partial charge in [0.2, 0.25) is 0 Å². The summed E-state index contributed by atoms with van der Waals surface area (Å²) in [5.41, 5.74) is 0. The summed E-state index contributed by atoms with van der Waals surface area (Å²) in [4.78, 5) is 2.57. The Kier molecular flexibility index (Phi) is 5.06. The lowest BCUT2D eigenvalue weighted by atomic mass is 9.96. The molecule has 1 aliphatic heterocycles. The maximum atomic E-state index is 5.78. The molecule has 3 nitrogen and oxygen atoms in total. The molecule has 3 heteroatoms.